The van der Waals surface area contributed by atoms with E-state index in [1.165, 1.54) is 4.31 Å². The summed E-state index contributed by atoms with van der Waals surface area (Å²) in [6.45, 7) is 2.97. The average molecular weight is 284 g/mol. The standard InChI is InChI=1S/C13H20N2O3S/c1-2-3-10-19(16,17)15-9-7-12(11-15)18-13-6-4-5-8-14-13/h4-6,8,12H,2-3,7,9-11H2,1H3. The third kappa shape index (κ3) is 3.91. The van der Waals surface area contributed by atoms with E-state index in [9.17, 15) is 8.42 Å². The van der Waals surface area contributed by atoms with Crippen LogP contribution in [0.3, 0.4) is 0 Å². The van der Waals surface area contributed by atoms with Gasteiger partial charge in [-0.2, -0.15) is 4.31 Å². The Morgan fingerprint density at radius 1 is 1.47 bits per heavy atom. The first kappa shape index (κ1) is 14.3. The number of ether oxygens (including phenoxy) is 1. The van der Waals surface area contributed by atoms with Crippen LogP contribution in [0.25, 0.3) is 0 Å². The molecule has 1 atom stereocenters. The number of sulfonamides is 1. The maximum Gasteiger partial charge on any atom is 0.214 e. The van der Waals surface area contributed by atoms with Gasteiger partial charge in [-0.1, -0.05) is 19.4 Å². The lowest BCUT2D eigenvalue weighted by molar-refractivity contribution is 0.207. The van der Waals surface area contributed by atoms with Gasteiger partial charge in [-0.05, 0) is 18.9 Å². The fourth-order valence-electron chi connectivity index (χ4n) is 2.09. The van der Waals surface area contributed by atoms with Gasteiger partial charge in [0.25, 0.3) is 0 Å². The van der Waals surface area contributed by atoms with Gasteiger partial charge in [-0.3, -0.25) is 0 Å². The SMILES string of the molecule is CCCCS(=O)(=O)N1CCC(Oc2ccccn2)C1. The van der Waals surface area contributed by atoms with Crippen molar-refractivity contribution in [3.8, 4) is 5.88 Å². The average Bonchev–Trinajstić information content (AvgIpc) is 2.87. The molecule has 106 valence electrons. The molecule has 0 aliphatic carbocycles. The van der Waals surface area contributed by atoms with Gasteiger partial charge in [0.1, 0.15) is 6.10 Å². The summed E-state index contributed by atoms with van der Waals surface area (Å²) in [5.74, 6) is 0.792. The van der Waals surface area contributed by atoms with Crippen LogP contribution in [0.2, 0.25) is 0 Å². The monoisotopic (exact) mass is 284 g/mol. The predicted octanol–water partition coefficient (Wildman–Crippen LogP) is 1.66. The fraction of sp³-hybridized carbons (Fsp3) is 0.615. The van der Waals surface area contributed by atoms with Gasteiger partial charge < -0.3 is 4.74 Å². The normalized spacial score (nSPS) is 20.6. The van der Waals surface area contributed by atoms with Crippen molar-refractivity contribution in [2.45, 2.75) is 32.3 Å². The summed E-state index contributed by atoms with van der Waals surface area (Å²) in [6, 6.07) is 5.46. The molecule has 1 aromatic rings. The highest BCUT2D eigenvalue weighted by Gasteiger charge is 2.32. The van der Waals surface area contributed by atoms with Crippen LogP contribution >= 0.6 is 0 Å². The lowest BCUT2D eigenvalue weighted by Gasteiger charge is -2.16. The highest BCUT2D eigenvalue weighted by atomic mass is 32.2. The highest BCUT2D eigenvalue weighted by Crippen LogP contribution is 2.19. The molecule has 1 unspecified atom stereocenters. The number of hydrogen-bond donors (Lipinski definition) is 0. The molecule has 0 saturated carbocycles. The zero-order valence-corrected chi connectivity index (χ0v) is 12.0. The van der Waals surface area contributed by atoms with Crippen LogP contribution in [0.1, 0.15) is 26.2 Å². The Labute approximate surface area is 114 Å². The van der Waals surface area contributed by atoms with E-state index in [0.29, 0.717) is 25.4 Å². The summed E-state index contributed by atoms with van der Waals surface area (Å²) in [7, 11) is -3.11. The van der Waals surface area contributed by atoms with Crippen LogP contribution in [-0.2, 0) is 10.0 Å². The van der Waals surface area contributed by atoms with Gasteiger partial charge in [0.2, 0.25) is 15.9 Å². The quantitative estimate of drug-likeness (QED) is 0.797. The number of unbranched alkanes of at least 4 members (excludes halogenated alkanes) is 1. The summed E-state index contributed by atoms with van der Waals surface area (Å²) in [6.07, 6.45) is 3.90. The summed E-state index contributed by atoms with van der Waals surface area (Å²) in [5, 5.41) is 0. The largest absolute Gasteiger partial charge is 0.473 e. The number of aromatic nitrogens is 1. The van der Waals surface area contributed by atoms with Crippen molar-refractivity contribution < 1.29 is 13.2 Å². The molecule has 0 spiro atoms. The Balaban J connectivity index is 1.89. The predicted molar refractivity (Wildman–Crippen MR) is 73.5 cm³/mol. The number of hydrogen-bond acceptors (Lipinski definition) is 4. The molecule has 0 bridgehead atoms. The maximum atomic E-state index is 12.0. The first-order chi connectivity index (χ1) is 9.12. The second kappa shape index (κ2) is 6.34. The van der Waals surface area contributed by atoms with Crippen LogP contribution in [-0.4, -0.2) is 42.7 Å². The summed E-state index contributed by atoms with van der Waals surface area (Å²) in [4.78, 5) is 4.09. The molecule has 1 aromatic heterocycles. The third-order valence-corrected chi connectivity index (χ3v) is 5.11. The summed E-state index contributed by atoms with van der Waals surface area (Å²) < 4.78 is 31.3. The molecule has 1 saturated heterocycles. The van der Waals surface area contributed by atoms with Crippen LogP contribution in [0.15, 0.2) is 24.4 Å². The smallest absolute Gasteiger partial charge is 0.214 e. The Morgan fingerprint density at radius 3 is 3.00 bits per heavy atom. The van der Waals surface area contributed by atoms with E-state index in [0.717, 1.165) is 12.8 Å². The minimum Gasteiger partial charge on any atom is -0.473 e. The minimum absolute atomic E-state index is 0.0914. The van der Waals surface area contributed by atoms with Gasteiger partial charge >= 0.3 is 0 Å². The van der Waals surface area contributed by atoms with Crippen LogP contribution < -0.4 is 4.74 Å². The van der Waals surface area contributed by atoms with Crippen LogP contribution in [0.4, 0.5) is 0 Å². The van der Waals surface area contributed by atoms with Crippen molar-refractivity contribution in [2.75, 3.05) is 18.8 Å². The zero-order valence-electron chi connectivity index (χ0n) is 11.2. The molecule has 2 heterocycles. The van der Waals surface area contributed by atoms with Crippen molar-refractivity contribution >= 4 is 10.0 Å². The fourth-order valence-corrected chi connectivity index (χ4v) is 3.78. The van der Waals surface area contributed by atoms with E-state index in [4.69, 9.17) is 4.74 Å². The van der Waals surface area contributed by atoms with E-state index in [-0.39, 0.29) is 11.9 Å². The molecule has 1 aliphatic rings. The Hall–Kier alpha value is -1.14. The summed E-state index contributed by atoms with van der Waals surface area (Å²) >= 11 is 0. The van der Waals surface area contributed by atoms with Gasteiger partial charge in [0.15, 0.2) is 0 Å². The Bertz CT molecular complexity index is 490. The van der Waals surface area contributed by atoms with Gasteiger partial charge in [0, 0.05) is 18.8 Å². The maximum absolute atomic E-state index is 12.0. The molecule has 0 amide bonds. The second-order valence-electron chi connectivity index (χ2n) is 4.72. The van der Waals surface area contributed by atoms with E-state index < -0.39 is 10.0 Å². The lowest BCUT2D eigenvalue weighted by atomic mass is 10.3. The van der Waals surface area contributed by atoms with E-state index in [1.54, 1.807) is 12.3 Å². The molecular weight excluding hydrogens is 264 g/mol. The topological polar surface area (TPSA) is 59.5 Å². The van der Waals surface area contributed by atoms with Gasteiger partial charge in [-0.15, -0.1) is 0 Å². The summed E-state index contributed by atoms with van der Waals surface area (Å²) in [5.41, 5.74) is 0. The van der Waals surface area contributed by atoms with E-state index >= 15 is 0 Å². The first-order valence-electron chi connectivity index (χ1n) is 6.67. The van der Waals surface area contributed by atoms with Crippen molar-refractivity contribution in [3.63, 3.8) is 0 Å². The van der Waals surface area contributed by atoms with Crippen LogP contribution in [0, 0.1) is 0 Å². The first-order valence-corrected chi connectivity index (χ1v) is 8.28. The molecule has 0 N–H and O–H groups in total. The molecule has 5 nitrogen and oxygen atoms in total. The molecule has 6 heteroatoms. The van der Waals surface area contributed by atoms with Crippen molar-refractivity contribution in [2.24, 2.45) is 0 Å². The molecule has 19 heavy (non-hydrogen) atoms. The van der Waals surface area contributed by atoms with Gasteiger partial charge in [0.05, 0.1) is 12.3 Å². The molecule has 2 rings (SSSR count). The zero-order chi connectivity index (χ0) is 13.7. The molecule has 0 aromatic carbocycles. The van der Waals surface area contributed by atoms with Crippen molar-refractivity contribution in [1.29, 1.82) is 0 Å². The van der Waals surface area contributed by atoms with Gasteiger partial charge in [-0.25, -0.2) is 13.4 Å². The third-order valence-electron chi connectivity index (χ3n) is 3.18. The molecular formula is C13H20N2O3S. The Morgan fingerprint density at radius 2 is 2.32 bits per heavy atom. The lowest BCUT2D eigenvalue weighted by Crippen LogP contribution is -2.32. The molecule has 1 fully saturated rings. The minimum atomic E-state index is -3.11. The van der Waals surface area contributed by atoms with Crippen molar-refractivity contribution in [3.05, 3.63) is 24.4 Å². The number of nitrogens with zero attached hydrogens (tertiary/aromatic N) is 2. The second-order valence-corrected chi connectivity index (χ2v) is 6.81. The van der Waals surface area contributed by atoms with Crippen molar-refractivity contribution in [1.82, 2.24) is 9.29 Å². The number of pyridine rings is 1. The molecule has 1 aliphatic heterocycles. The van der Waals surface area contributed by atoms with Crippen LogP contribution in [0.5, 0.6) is 5.88 Å². The van der Waals surface area contributed by atoms with E-state index in [2.05, 4.69) is 4.98 Å². The molecule has 0 radical (unpaired) electrons. The number of rotatable bonds is 6. The van der Waals surface area contributed by atoms with E-state index in [1.807, 2.05) is 19.1 Å². The highest BCUT2D eigenvalue weighted by molar-refractivity contribution is 7.89. The Kier molecular flexibility index (Phi) is 4.76.